The Hall–Kier alpha value is -2.13. The van der Waals surface area contributed by atoms with Gasteiger partial charge in [0.15, 0.2) is 5.96 Å². The van der Waals surface area contributed by atoms with Crippen molar-refractivity contribution in [3.05, 3.63) is 71.3 Å². The number of aliphatic imine (C=N–C) groups is 1. The molecule has 0 aromatic heterocycles. The standard InChI is InChI=1S/C22H30N4O2.HI/c1-3-23-21(28)19-12-8-9-17(15-19)16-26-22(24-4-2)25-14-13-20(27)18-10-6-5-7-11-18;/h5-12,15,20,27H,3-4,13-14,16H2,1-2H3,(H,23,28)(H2,24,25,26);1H. The highest BCUT2D eigenvalue weighted by molar-refractivity contribution is 14.0. The summed E-state index contributed by atoms with van der Waals surface area (Å²) in [5.74, 6) is 0.611. The number of rotatable bonds is 9. The Morgan fingerprint density at radius 2 is 1.72 bits per heavy atom. The molecule has 158 valence electrons. The van der Waals surface area contributed by atoms with Crippen LogP contribution in [0.1, 0.15) is 47.9 Å². The largest absolute Gasteiger partial charge is 0.388 e. The Labute approximate surface area is 190 Å². The number of nitrogens with one attached hydrogen (secondary N) is 3. The van der Waals surface area contributed by atoms with Crippen LogP contribution in [0.15, 0.2) is 59.6 Å². The minimum Gasteiger partial charge on any atom is -0.388 e. The van der Waals surface area contributed by atoms with Crippen molar-refractivity contribution >= 4 is 35.8 Å². The van der Waals surface area contributed by atoms with E-state index in [1.54, 1.807) is 6.07 Å². The highest BCUT2D eigenvalue weighted by Gasteiger charge is 2.07. The van der Waals surface area contributed by atoms with Crippen molar-refractivity contribution in [2.45, 2.75) is 32.9 Å². The second-order valence-corrected chi connectivity index (χ2v) is 6.40. The van der Waals surface area contributed by atoms with Gasteiger partial charge in [0.2, 0.25) is 0 Å². The van der Waals surface area contributed by atoms with E-state index in [1.165, 1.54) is 0 Å². The van der Waals surface area contributed by atoms with Gasteiger partial charge in [0.25, 0.3) is 5.91 Å². The summed E-state index contributed by atoms with van der Waals surface area (Å²) in [6.07, 6.45) is 0.0755. The van der Waals surface area contributed by atoms with Gasteiger partial charge < -0.3 is 21.1 Å². The first kappa shape index (κ1) is 24.9. The normalized spacial score (nSPS) is 11.9. The molecular weight excluding hydrogens is 479 g/mol. The molecule has 2 aromatic rings. The molecular formula is C22H31IN4O2. The van der Waals surface area contributed by atoms with E-state index in [0.717, 1.165) is 17.7 Å². The van der Waals surface area contributed by atoms with E-state index >= 15 is 0 Å². The highest BCUT2D eigenvalue weighted by atomic mass is 127. The van der Waals surface area contributed by atoms with E-state index in [1.807, 2.05) is 62.4 Å². The predicted molar refractivity (Wildman–Crippen MR) is 129 cm³/mol. The lowest BCUT2D eigenvalue weighted by atomic mass is 10.1. The van der Waals surface area contributed by atoms with Crippen molar-refractivity contribution in [3.8, 4) is 0 Å². The fourth-order valence-corrected chi connectivity index (χ4v) is 2.75. The Balaban J connectivity index is 0.00000420. The molecule has 2 rings (SSSR count). The van der Waals surface area contributed by atoms with Gasteiger partial charge >= 0.3 is 0 Å². The summed E-state index contributed by atoms with van der Waals surface area (Å²) in [7, 11) is 0. The first-order chi connectivity index (χ1) is 13.6. The van der Waals surface area contributed by atoms with Gasteiger partial charge in [0.1, 0.15) is 0 Å². The summed E-state index contributed by atoms with van der Waals surface area (Å²) in [6.45, 7) is 6.31. The lowest BCUT2D eigenvalue weighted by Gasteiger charge is -2.14. The van der Waals surface area contributed by atoms with Crippen LogP contribution < -0.4 is 16.0 Å². The van der Waals surface area contributed by atoms with Crippen LogP contribution in [0.5, 0.6) is 0 Å². The summed E-state index contributed by atoms with van der Waals surface area (Å²) in [4.78, 5) is 16.5. The van der Waals surface area contributed by atoms with Gasteiger partial charge in [-0.25, -0.2) is 4.99 Å². The van der Waals surface area contributed by atoms with Crippen molar-refractivity contribution < 1.29 is 9.90 Å². The number of amides is 1. The first-order valence-electron chi connectivity index (χ1n) is 9.76. The number of guanidine groups is 1. The maximum absolute atomic E-state index is 12.0. The van der Waals surface area contributed by atoms with Crippen molar-refractivity contribution in [2.75, 3.05) is 19.6 Å². The highest BCUT2D eigenvalue weighted by Crippen LogP contribution is 2.14. The number of carbonyl (C=O) groups is 1. The van der Waals surface area contributed by atoms with Crippen molar-refractivity contribution in [1.29, 1.82) is 0 Å². The summed E-state index contributed by atoms with van der Waals surface area (Å²) in [6, 6.07) is 17.1. The Morgan fingerprint density at radius 1 is 1.00 bits per heavy atom. The van der Waals surface area contributed by atoms with Crippen LogP contribution in [0.4, 0.5) is 0 Å². The zero-order valence-corrected chi connectivity index (χ0v) is 19.4. The molecule has 4 N–H and O–H groups in total. The molecule has 0 aliphatic carbocycles. The summed E-state index contributed by atoms with van der Waals surface area (Å²) in [5.41, 5.74) is 2.51. The van der Waals surface area contributed by atoms with Gasteiger partial charge in [0.05, 0.1) is 12.6 Å². The van der Waals surface area contributed by atoms with Gasteiger partial charge in [-0.1, -0.05) is 42.5 Å². The SMILES string of the molecule is CCNC(=O)c1cccc(CN=C(NCC)NCCC(O)c2ccccc2)c1.I. The molecule has 0 saturated heterocycles. The maximum Gasteiger partial charge on any atom is 0.251 e. The maximum atomic E-state index is 12.0. The molecule has 6 nitrogen and oxygen atoms in total. The fourth-order valence-electron chi connectivity index (χ4n) is 2.75. The van der Waals surface area contributed by atoms with Crippen LogP contribution in [0.2, 0.25) is 0 Å². The van der Waals surface area contributed by atoms with E-state index in [-0.39, 0.29) is 29.9 Å². The second-order valence-electron chi connectivity index (χ2n) is 6.40. The van der Waals surface area contributed by atoms with Crippen molar-refractivity contribution in [2.24, 2.45) is 4.99 Å². The van der Waals surface area contributed by atoms with Crippen LogP contribution in [-0.2, 0) is 6.54 Å². The summed E-state index contributed by atoms with van der Waals surface area (Å²) in [5, 5.41) is 19.5. The number of benzene rings is 2. The number of aliphatic hydroxyl groups excluding tert-OH is 1. The molecule has 1 unspecified atom stereocenters. The smallest absolute Gasteiger partial charge is 0.251 e. The number of halogens is 1. The zero-order chi connectivity index (χ0) is 20.2. The molecule has 2 aromatic carbocycles. The molecule has 0 heterocycles. The van der Waals surface area contributed by atoms with E-state index in [4.69, 9.17) is 0 Å². The Bertz CT molecular complexity index is 768. The van der Waals surface area contributed by atoms with Crippen LogP contribution in [0.25, 0.3) is 0 Å². The quantitative estimate of drug-likeness (QED) is 0.237. The predicted octanol–water partition coefficient (Wildman–Crippen LogP) is 3.23. The topological polar surface area (TPSA) is 85.8 Å². The molecule has 0 spiro atoms. The molecule has 7 heteroatoms. The lowest BCUT2D eigenvalue weighted by Crippen LogP contribution is -2.38. The number of nitrogens with zero attached hydrogens (tertiary/aromatic N) is 1. The summed E-state index contributed by atoms with van der Waals surface area (Å²) < 4.78 is 0. The van der Waals surface area contributed by atoms with Crippen LogP contribution in [0, 0.1) is 0 Å². The molecule has 0 radical (unpaired) electrons. The van der Waals surface area contributed by atoms with E-state index in [0.29, 0.717) is 37.6 Å². The van der Waals surface area contributed by atoms with E-state index in [2.05, 4.69) is 20.9 Å². The number of carbonyl (C=O) groups excluding carboxylic acids is 1. The Kier molecular flexibility index (Phi) is 12.0. The number of hydrogen-bond donors (Lipinski definition) is 4. The van der Waals surface area contributed by atoms with Gasteiger partial charge in [0, 0.05) is 25.2 Å². The minimum absolute atomic E-state index is 0. The van der Waals surface area contributed by atoms with Crippen molar-refractivity contribution in [1.82, 2.24) is 16.0 Å². The number of aliphatic hydroxyl groups is 1. The Morgan fingerprint density at radius 3 is 2.41 bits per heavy atom. The van der Waals surface area contributed by atoms with Gasteiger partial charge in [-0.3, -0.25) is 4.79 Å². The third-order valence-electron chi connectivity index (χ3n) is 4.19. The molecule has 29 heavy (non-hydrogen) atoms. The molecule has 0 bridgehead atoms. The summed E-state index contributed by atoms with van der Waals surface area (Å²) >= 11 is 0. The van der Waals surface area contributed by atoms with E-state index in [9.17, 15) is 9.90 Å². The van der Waals surface area contributed by atoms with E-state index < -0.39 is 6.10 Å². The molecule has 0 fully saturated rings. The average molecular weight is 510 g/mol. The molecule has 1 atom stereocenters. The third-order valence-corrected chi connectivity index (χ3v) is 4.19. The lowest BCUT2D eigenvalue weighted by molar-refractivity contribution is 0.0955. The van der Waals surface area contributed by atoms with Crippen LogP contribution in [-0.4, -0.2) is 36.6 Å². The second kappa shape index (κ2) is 13.9. The van der Waals surface area contributed by atoms with Gasteiger partial charge in [-0.2, -0.15) is 0 Å². The van der Waals surface area contributed by atoms with Gasteiger partial charge in [-0.15, -0.1) is 24.0 Å². The first-order valence-corrected chi connectivity index (χ1v) is 9.76. The monoisotopic (exact) mass is 510 g/mol. The zero-order valence-electron chi connectivity index (χ0n) is 17.0. The molecule has 0 aliphatic rings. The van der Waals surface area contributed by atoms with Gasteiger partial charge in [-0.05, 0) is 43.5 Å². The molecule has 0 saturated carbocycles. The fraction of sp³-hybridized carbons (Fsp3) is 0.364. The van der Waals surface area contributed by atoms with Crippen molar-refractivity contribution in [3.63, 3.8) is 0 Å². The molecule has 1 amide bonds. The molecule has 0 aliphatic heterocycles. The average Bonchev–Trinajstić information content (AvgIpc) is 2.73. The van der Waals surface area contributed by atoms with Crippen LogP contribution in [0.3, 0.4) is 0 Å². The minimum atomic E-state index is -0.509. The van der Waals surface area contributed by atoms with Crippen LogP contribution >= 0.6 is 24.0 Å². The number of hydrogen-bond acceptors (Lipinski definition) is 3. The third kappa shape index (κ3) is 8.82.